The van der Waals surface area contributed by atoms with E-state index in [-0.39, 0.29) is 16.7 Å². The highest BCUT2D eigenvalue weighted by Crippen LogP contribution is 2.17. The number of sulfone groups is 1. The van der Waals surface area contributed by atoms with Crippen LogP contribution in [0.5, 0.6) is 0 Å². The van der Waals surface area contributed by atoms with E-state index < -0.39 is 21.8 Å². The van der Waals surface area contributed by atoms with Crippen molar-refractivity contribution in [3.05, 3.63) is 46.7 Å². The molecule has 0 fully saturated rings. The number of carbonyl (C=O) groups is 2. The van der Waals surface area contributed by atoms with Crippen molar-refractivity contribution in [3.63, 3.8) is 0 Å². The molecule has 0 unspecified atom stereocenters. The normalized spacial score (nSPS) is 12.6. The predicted octanol–water partition coefficient (Wildman–Crippen LogP) is 2.54. The molecule has 0 spiro atoms. The van der Waals surface area contributed by atoms with Crippen LogP contribution < -0.4 is 10.6 Å². The van der Waals surface area contributed by atoms with Crippen molar-refractivity contribution in [2.45, 2.75) is 24.8 Å². The van der Waals surface area contributed by atoms with Gasteiger partial charge in [-0.1, -0.05) is 26.0 Å². The van der Waals surface area contributed by atoms with Crippen LogP contribution in [0.3, 0.4) is 0 Å². The number of carbonyl (C=O) groups excluding carboxylic acids is 2. The Hall–Kier alpha value is -2.19. The highest BCUT2D eigenvalue weighted by molar-refractivity contribution is 7.90. The summed E-state index contributed by atoms with van der Waals surface area (Å²) in [4.78, 5) is 25.4. The summed E-state index contributed by atoms with van der Waals surface area (Å²) >= 11 is 1.29. The summed E-state index contributed by atoms with van der Waals surface area (Å²) < 4.78 is 23.2. The summed E-state index contributed by atoms with van der Waals surface area (Å²) in [6.45, 7) is 3.65. The standard InChI is InChI=1S/C17H20N2O4S2/c1-11(2)15(19-16(20)14-8-5-9-24-14)17(21)18-12-6-4-7-13(10-12)25(3,22)23/h4-11,15H,1-3H3,(H,18,21)(H,19,20)/t15-/m0/s1. The van der Waals surface area contributed by atoms with Gasteiger partial charge in [0.1, 0.15) is 6.04 Å². The van der Waals surface area contributed by atoms with Crippen LogP contribution >= 0.6 is 11.3 Å². The number of nitrogens with one attached hydrogen (secondary N) is 2. The largest absolute Gasteiger partial charge is 0.339 e. The van der Waals surface area contributed by atoms with E-state index in [0.717, 1.165) is 6.26 Å². The lowest BCUT2D eigenvalue weighted by atomic mass is 10.0. The van der Waals surface area contributed by atoms with Crippen molar-refractivity contribution in [1.29, 1.82) is 0 Å². The molecule has 134 valence electrons. The average Bonchev–Trinajstić information content (AvgIpc) is 3.06. The van der Waals surface area contributed by atoms with E-state index in [2.05, 4.69) is 10.6 Å². The molecule has 0 aliphatic rings. The van der Waals surface area contributed by atoms with Crippen LogP contribution in [0, 0.1) is 5.92 Å². The third kappa shape index (κ3) is 5.14. The van der Waals surface area contributed by atoms with E-state index in [1.54, 1.807) is 29.6 Å². The molecule has 1 aromatic carbocycles. The Morgan fingerprint density at radius 3 is 2.40 bits per heavy atom. The fraction of sp³-hybridized carbons (Fsp3) is 0.294. The second-order valence-electron chi connectivity index (χ2n) is 5.96. The second-order valence-corrected chi connectivity index (χ2v) is 8.93. The zero-order valence-corrected chi connectivity index (χ0v) is 15.8. The van der Waals surface area contributed by atoms with E-state index in [0.29, 0.717) is 10.6 Å². The first kappa shape index (κ1) is 19.1. The van der Waals surface area contributed by atoms with Gasteiger partial charge in [-0.25, -0.2) is 8.42 Å². The molecule has 0 aliphatic carbocycles. The van der Waals surface area contributed by atoms with Crippen molar-refractivity contribution in [2.75, 3.05) is 11.6 Å². The molecule has 1 aromatic heterocycles. The van der Waals surface area contributed by atoms with Gasteiger partial charge in [-0.15, -0.1) is 11.3 Å². The highest BCUT2D eigenvalue weighted by Gasteiger charge is 2.25. The van der Waals surface area contributed by atoms with Crippen LogP contribution in [0.4, 0.5) is 5.69 Å². The number of amides is 2. The van der Waals surface area contributed by atoms with Crippen LogP contribution in [0.15, 0.2) is 46.7 Å². The quantitative estimate of drug-likeness (QED) is 0.805. The molecule has 0 saturated carbocycles. The number of rotatable bonds is 6. The maximum absolute atomic E-state index is 12.5. The Balaban J connectivity index is 2.14. The average molecular weight is 380 g/mol. The first-order chi connectivity index (χ1) is 11.7. The van der Waals surface area contributed by atoms with Crippen molar-refractivity contribution >= 4 is 38.7 Å². The van der Waals surface area contributed by atoms with Gasteiger partial charge in [0.25, 0.3) is 5.91 Å². The van der Waals surface area contributed by atoms with Gasteiger partial charge in [0.2, 0.25) is 5.91 Å². The van der Waals surface area contributed by atoms with Crippen molar-refractivity contribution < 1.29 is 18.0 Å². The Morgan fingerprint density at radius 2 is 1.84 bits per heavy atom. The summed E-state index contributed by atoms with van der Waals surface area (Å²) in [5.41, 5.74) is 0.365. The zero-order chi connectivity index (χ0) is 18.6. The van der Waals surface area contributed by atoms with Crippen LogP contribution in [-0.2, 0) is 14.6 Å². The first-order valence-corrected chi connectivity index (χ1v) is 10.4. The molecule has 8 heteroatoms. The van der Waals surface area contributed by atoms with Gasteiger partial charge in [-0.2, -0.15) is 0 Å². The topological polar surface area (TPSA) is 92.3 Å². The lowest BCUT2D eigenvalue weighted by Crippen LogP contribution is -2.46. The van der Waals surface area contributed by atoms with Gasteiger partial charge in [0.15, 0.2) is 9.84 Å². The van der Waals surface area contributed by atoms with Crippen LogP contribution in [0.1, 0.15) is 23.5 Å². The molecule has 2 aromatic rings. The van der Waals surface area contributed by atoms with Crippen molar-refractivity contribution in [3.8, 4) is 0 Å². The fourth-order valence-electron chi connectivity index (χ4n) is 2.18. The molecule has 25 heavy (non-hydrogen) atoms. The minimum absolute atomic E-state index is 0.119. The van der Waals surface area contributed by atoms with E-state index in [9.17, 15) is 18.0 Å². The molecule has 2 amide bonds. The monoisotopic (exact) mass is 380 g/mol. The third-order valence-electron chi connectivity index (χ3n) is 3.51. The number of hydrogen-bond acceptors (Lipinski definition) is 5. The molecule has 0 radical (unpaired) electrons. The molecule has 1 atom stereocenters. The lowest BCUT2D eigenvalue weighted by Gasteiger charge is -2.21. The van der Waals surface area contributed by atoms with Crippen molar-refractivity contribution in [1.82, 2.24) is 5.32 Å². The third-order valence-corrected chi connectivity index (χ3v) is 5.49. The number of thiophene rings is 1. The second kappa shape index (κ2) is 7.79. The predicted molar refractivity (Wildman–Crippen MR) is 98.6 cm³/mol. The van der Waals surface area contributed by atoms with E-state index in [4.69, 9.17) is 0 Å². The van der Waals surface area contributed by atoms with E-state index in [1.807, 2.05) is 13.8 Å². The van der Waals surface area contributed by atoms with Gasteiger partial charge in [-0.05, 0) is 35.6 Å². The first-order valence-electron chi connectivity index (χ1n) is 7.64. The molecule has 0 saturated heterocycles. The molecular formula is C17H20N2O4S2. The van der Waals surface area contributed by atoms with Crippen LogP contribution in [0.25, 0.3) is 0 Å². The number of anilines is 1. The Kier molecular flexibility index (Phi) is 5.97. The smallest absolute Gasteiger partial charge is 0.262 e. The Morgan fingerprint density at radius 1 is 1.12 bits per heavy atom. The van der Waals surface area contributed by atoms with Gasteiger partial charge in [0, 0.05) is 11.9 Å². The summed E-state index contributed by atoms with van der Waals surface area (Å²) in [6.07, 6.45) is 1.10. The maximum Gasteiger partial charge on any atom is 0.262 e. The van der Waals surface area contributed by atoms with Gasteiger partial charge in [-0.3, -0.25) is 9.59 Å². The maximum atomic E-state index is 12.5. The van der Waals surface area contributed by atoms with Gasteiger partial charge in [0.05, 0.1) is 9.77 Å². The molecular weight excluding hydrogens is 360 g/mol. The Labute approximate surface area is 151 Å². The SMILES string of the molecule is CC(C)[C@H](NC(=O)c1cccs1)C(=O)Nc1cccc(S(C)(=O)=O)c1. The number of benzene rings is 1. The minimum Gasteiger partial charge on any atom is -0.339 e. The molecule has 0 aliphatic heterocycles. The molecule has 2 N–H and O–H groups in total. The zero-order valence-electron chi connectivity index (χ0n) is 14.1. The van der Waals surface area contributed by atoms with Crippen LogP contribution in [0.2, 0.25) is 0 Å². The lowest BCUT2D eigenvalue weighted by molar-refractivity contribution is -0.118. The van der Waals surface area contributed by atoms with Gasteiger partial charge >= 0.3 is 0 Å². The summed E-state index contributed by atoms with van der Waals surface area (Å²) in [7, 11) is -3.37. The Bertz CT molecular complexity index is 859. The summed E-state index contributed by atoms with van der Waals surface area (Å²) in [5.74, 6) is -0.846. The summed E-state index contributed by atoms with van der Waals surface area (Å²) in [6, 6.07) is 8.73. The molecule has 0 bridgehead atoms. The number of hydrogen-bond donors (Lipinski definition) is 2. The molecule has 1 heterocycles. The van der Waals surface area contributed by atoms with E-state index >= 15 is 0 Å². The highest BCUT2D eigenvalue weighted by atomic mass is 32.2. The van der Waals surface area contributed by atoms with Crippen LogP contribution in [-0.4, -0.2) is 32.5 Å². The van der Waals surface area contributed by atoms with Crippen molar-refractivity contribution in [2.24, 2.45) is 5.92 Å². The summed E-state index contributed by atoms with van der Waals surface area (Å²) in [5, 5.41) is 7.18. The fourth-order valence-corrected chi connectivity index (χ4v) is 3.47. The molecule has 6 nitrogen and oxygen atoms in total. The van der Waals surface area contributed by atoms with E-state index in [1.165, 1.54) is 23.5 Å². The minimum atomic E-state index is -3.37. The van der Waals surface area contributed by atoms with Gasteiger partial charge < -0.3 is 10.6 Å². The molecule has 2 rings (SSSR count).